The lowest BCUT2D eigenvalue weighted by atomic mass is 9.87. The Morgan fingerprint density at radius 3 is 2.17 bits per heavy atom. The molecule has 0 unspecified atom stereocenters. The standard InChI is InChI=1S/C21H24O3/c1-14-6-7-15(2)18(12-14)19(22)13-24-20(23)16-8-10-17(11-9-16)21(3,4)5/h6-12H,13H2,1-5H3. The smallest absolute Gasteiger partial charge is 0.338 e. The molecule has 3 heteroatoms. The fourth-order valence-electron chi connectivity index (χ4n) is 2.43. The Hall–Kier alpha value is -2.42. The molecule has 2 aromatic rings. The summed E-state index contributed by atoms with van der Waals surface area (Å²) in [4.78, 5) is 24.4. The maximum absolute atomic E-state index is 12.3. The summed E-state index contributed by atoms with van der Waals surface area (Å²) in [6.45, 7) is 9.90. The van der Waals surface area contributed by atoms with Crippen molar-refractivity contribution in [1.29, 1.82) is 0 Å². The van der Waals surface area contributed by atoms with Crippen molar-refractivity contribution in [3.05, 3.63) is 70.3 Å². The molecular weight excluding hydrogens is 300 g/mol. The van der Waals surface area contributed by atoms with E-state index < -0.39 is 5.97 Å². The summed E-state index contributed by atoms with van der Waals surface area (Å²) < 4.78 is 5.18. The molecular formula is C21H24O3. The average molecular weight is 324 g/mol. The normalized spacial score (nSPS) is 11.2. The van der Waals surface area contributed by atoms with Gasteiger partial charge in [0.05, 0.1) is 5.56 Å². The van der Waals surface area contributed by atoms with Gasteiger partial charge in [-0.25, -0.2) is 4.79 Å². The van der Waals surface area contributed by atoms with Crippen LogP contribution in [0.5, 0.6) is 0 Å². The number of benzene rings is 2. The number of carbonyl (C=O) groups excluding carboxylic acids is 2. The molecule has 2 rings (SSSR count). The zero-order valence-electron chi connectivity index (χ0n) is 15.0. The van der Waals surface area contributed by atoms with E-state index in [-0.39, 0.29) is 17.8 Å². The highest BCUT2D eigenvalue weighted by molar-refractivity contribution is 6.00. The molecule has 0 amide bonds. The first kappa shape index (κ1) is 17.9. The van der Waals surface area contributed by atoms with E-state index in [4.69, 9.17) is 4.74 Å². The Kier molecular flexibility index (Phi) is 5.23. The second-order valence-corrected chi connectivity index (χ2v) is 7.15. The Morgan fingerprint density at radius 2 is 1.58 bits per heavy atom. The van der Waals surface area contributed by atoms with Gasteiger partial charge in [-0.2, -0.15) is 0 Å². The monoisotopic (exact) mass is 324 g/mol. The number of hydrogen-bond acceptors (Lipinski definition) is 3. The fourth-order valence-corrected chi connectivity index (χ4v) is 2.43. The molecule has 126 valence electrons. The van der Waals surface area contributed by atoms with Gasteiger partial charge in [-0.1, -0.05) is 50.6 Å². The number of aryl methyl sites for hydroxylation is 2. The van der Waals surface area contributed by atoms with Crippen LogP contribution in [0, 0.1) is 13.8 Å². The summed E-state index contributed by atoms with van der Waals surface area (Å²) in [6.07, 6.45) is 0. The number of rotatable bonds is 4. The van der Waals surface area contributed by atoms with Crippen LogP contribution in [0.2, 0.25) is 0 Å². The Bertz CT molecular complexity index is 750. The molecule has 0 radical (unpaired) electrons. The first-order chi connectivity index (χ1) is 11.2. The molecule has 0 N–H and O–H groups in total. The first-order valence-corrected chi connectivity index (χ1v) is 8.06. The second kappa shape index (κ2) is 7.00. The Balaban J connectivity index is 2.02. The molecule has 0 saturated carbocycles. The van der Waals surface area contributed by atoms with Gasteiger partial charge in [-0.15, -0.1) is 0 Å². The lowest BCUT2D eigenvalue weighted by Crippen LogP contribution is -2.16. The Labute approximate surface area is 143 Å². The van der Waals surface area contributed by atoms with Gasteiger partial charge in [0.2, 0.25) is 5.78 Å². The topological polar surface area (TPSA) is 43.4 Å². The molecule has 0 bridgehead atoms. The van der Waals surface area contributed by atoms with Crippen LogP contribution in [0.4, 0.5) is 0 Å². The lowest BCUT2D eigenvalue weighted by molar-refractivity contribution is 0.0474. The van der Waals surface area contributed by atoms with Gasteiger partial charge in [0.1, 0.15) is 0 Å². The van der Waals surface area contributed by atoms with Crippen molar-refractivity contribution in [1.82, 2.24) is 0 Å². The van der Waals surface area contributed by atoms with Gasteiger partial charge in [0.15, 0.2) is 6.61 Å². The minimum absolute atomic E-state index is 0.0289. The predicted octanol–water partition coefficient (Wildman–Crippen LogP) is 4.64. The highest BCUT2D eigenvalue weighted by Gasteiger charge is 2.16. The molecule has 2 aromatic carbocycles. The Morgan fingerprint density at radius 1 is 0.958 bits per heavy atom. The number of esters is 1. The van der Waals surface area contributed by atoms with E-state index in [1.165, 1.54) is 0 Å². The number of ether oxygens (including phenoxy) is 1. The third kappa shape index (κ3) is 4.31. The number of Topliss-reactive ketones (excluding diaryl/α,β-unsaturated/α-hetero) is 1. The van der Waals surface area contributed by atoms with Crippen LogP contribution in [0.15, 0.2) is 42.5 Å². The fraction of sp³-hybridized carbons (Fsp3) is 0.333. The maximum Gasteiger partial charge on any atom is 0.338 e. The number of ketones is 1. The van der Waals surface area contributed by atoms with Crippen LogP contribution in [-0.2, 0) is 10.2 Å². The van der Waals surface area contributed by atoms with Crippen molar-refractivity contribution in [2.45, 2.75) is 40.0 Å². The molecule has 24 heavy (non-hydrogen) atoms. The SMILES string of the molecule is Cc1ccc(C)c(C(=O)COC(=O)c2ccc(C(C)(C)C)cc2)c1. The quantitative estimate of drug-likeness (QED) is 0.608. The van der Waals surface area contributed by atoms with Crippen LogP contribution in [0.25, 0.3) is 0 Å². The minimum atomic E-state index is -0.478. The summed E-state index contributed by atoms with van der Waals surface area (Å²) in [6, 6.07) is 13.0. The van der Waals surface area contributed by atoms with E-state index in [9.17, 15) is 9.59 Å². The molecule has 0 fully saturated rings. The van der Waals surface area contributed by atoms with Crippen molar-refractivity contribution in [3.63, 3.8) is 0 Å². The van der Waals surface area contributed by atoms with Crippen molar-refractivity contribution in [3.8, 4) is 0 Å². The zero-order valence-corrected chi connectivity index (χ0v) is 15.0. The summed E-state index contributed by atoms with van der Waals surface area (Å²) in [5.41, 5.74) is 4.12. The molecule has 0 aliphatic carbocycles. The van der Waals surface area contributed by atoms with Crippen LogP contribution in [0.3, 0.4) is 0 Å². The predicted molar refractivity (Wildman–Crippen MR) is 95.7 cm³/mol. The van der Waals surface area contributed by atoms with Crippen LogP contribution in [0.1, 0.15) is 58.2 Å². The molecule has 0 heterocycles. The largest absolute Gasteiger partial charge is 0.454 e. The average Bonchev–Trinajstić information content (AvgIpc) is 2.53. The molecule has 3 nitrogen and oxygen atoms in total. The van der Waals surface area contributed by atoms with Crippen molar-refractivity contribution < 1.29 is 14.3 Å². The zero-order chi connectivity index (χ0) is 17.9. The number of carbonyl (C=O) groups is 2. The number of hydrogen-bond donors (Lipinski definition) is 0. The third-order valence-electron chi connectivity index (χ3n) is 4.01. The second-order valence-electron chi connectivity index (χ2n) is 7.15. The van der Waals surface area contributed by atoms with Gasteiger partial charge in [-0.3, -0.25) is 4.79 Å². The van der Waals surface area contributed by atoms with E-state index in [0.717, 1.165) is 16.7 Å². The molecule has 0 saturated heterocycles. The highest BCUT2D eigenvalue weighted by Crippen LogP contribution is 2.22. The van der Waals surface area contributed by atoms with E-state index in [1.54, 1.807) is 12.1 Å². The van der Waals surface area contributed by atoms with Gasteiger partial charge in [-0.05, 0) is 48.6 Å². The van der Waals surface area contributed by atoms with Gasteiger partial charge < -0.3 is 4.74 Å². The van der Waals surface area contributed by atoms with Crippen molar-refractivity contribution in [2.24, 2.45) is 0 Å². The summed E-state index contributed by atoms with van der Waals surface area (Å²) in [5, 5.41) is 0. The summed E-state index contributed by atoms with van der Waals surface area (Å²) >= 11 is 0. The van der Waals surface area contributed by atoms with Gasteiger partial charge in [0.25, 0.3) is 0 Å². The first-order valence-electron chi connectivity index (χ1n) is 8.06. The van der Waals surface area contributed by atoms with E-state index in [1.807, 2.05) is 44.2 Å². The highest BCUT2D eigenvalue weighted by atomic mass is 16.5. The van der Waals surface area contributed by atoms with Crippen molar-refractivity contribution in [2.75, 3.05) is 6.61 Å². The van der Waals surface area contributed by atoms with Crippen LogP contribution < -0.4 is 0 Å². The molecule has 0 aliphatic heterocycles. The molecule has 0 aliphatic rings. The molecule has 0 spiro atoms. The van der Waals surface area contributed by atoms with Gasteiger partial charge in [0, 0.05) is 5.56 Å². The van der Waals surface area contributed by atoms with Crippen molar-refractivity contribution >= 4 is 11.8 Å². The molecule has 0 aromatic heterocycles. The van der Waals surface area contributed by atoms with E-state index in [2.05, 4.69) is 20.8 Å². The van der Waals surface area contributed by atoms with Crippen LogP contribution in [-0.4, -0.2) is 18.4 Å². The van der Waals surface area contributed by atoms with E-state index >= 15 is 0 Å². The van der Waals surface area contributed by atoms with E-state index in [0.29, 0.717) is 11.1 Å². The van der Waals surface area contributed by atoms with Gasteiger partial charge >= 0.3 is 5.97 Å². The van der Waals surface area contributed by atoms with Crippen LogP contribution >= 0.6 is 0 Å². The summed E-state index contributed by atoms with van der Waals surface area (Å²) in [7, 11) is 0. The third-order valence-corrected chi connectivity index (χ3v) is 4.01. The minimum Gasteiger partial charge on any atom is -0.454 e. The molecule has 0 atom stereocenters. The summed E-state index contributed by atoms with van der Waals surface area (Å²) in [5.74, 6) is -0.662. The lowest BCUT2D eigenvalue weighted by Gasteiger charge is -2.18. The maximum atomic E-state index is 12.3.